The highest BCUT2D eigenvalue weighted by Gasteiger charge is 1.96. The van der Waals surface area contributed by atoms with E-state index >= 15 is 0 Å². The molecule has 0 aliphatic rings. The van der Waals surface area contributed by atoms with Crippen molar-refractivity contribution >= 4 is 33.8 Å². The summed E-state index contributed by atoms with van der Waals surface area (Å²) in [6.07, 6.45) is 3.94. The highest BCUT2D eigenvalue weighted by molar-refractivity contribution is 9.10. The lowest BCUT2D eigenvalue weighted by Crippen LogP contribution is -1.77. The molecule has 0 aromatic heterocycles. The Kier molecular flexibility index (Phi) is 3.21. The SMILES string of the molecule is C=Cc1cc(Br)ccc1SC. The minimum Gasteiger partial charge on any atom is -0.129 e. The lowest BCUT2D eigenvalue weighted by molar-refractivity contribution is 1.41. The predicted molar refractivity (Wildman–Crippen MR) is 56.0 cm³/mol. The molecule has 0 radical (unpaired) electrons. The second-order valence-corrected chi connectivity index (χ2v) is 3.85. The van der Waals surface area contributed by atoms with Crippen LogP contribution in [0.2, 0.25) is 0 Å². The van der Waals surface area contributed by atoms with Crippen molar-refractivity contribution < 1.29 is 0 Å². The summed E-state index contributed by atoms with van der Waals surface area (Å²) in [5, 5.41) is 0. The van der Waals surface area contributed by atoms with Crippen molar-refractivity contribution in [3.8, 4) is 0 Å². The molecule has 58 valence electrons. The fraction of sp³-hybridized carbons (Fsp3) is 0.111. The zero-order valence-electron chi connectivity index (χ0n) is 6.30. The van der Waals surface area contributed by atoms with Crippen LogP contribution in [0, 0.1) is 0 Å². The predicted octanol–water partition coefficient (Wildman–Crippen LogP) is 3.81. The van der Waals surface area contributed by atoms with E-state index in [4.69, 9.17) is 0 Å². The van der Waals surface area contributed by atoms with E-state index in [1.165, 1.54) is 10.5 Å². The van der Waals surface area contributed by atoms with Gasteiger partial charge in [0.2, 0.25) is 0 Å². The van der Waals surface area contributed by atoms with E-state index in [1.807, 2.05) is 12.1 Å². The Morgan fingerprint density at radius 2 is 2.27 bits per heavy atom. The molecule has 0 unspecified atom stereocenters. The average molecular weight is 229 g/mol. The molecule has 0 bridgehead atoms. The first-order chi connectivity index (χ1) is 5.27. The third-order valence-electron chi connectivity index (χ3n) is 1.41. The van der Waals surface area contributed by atoms with Crippen LogP contribution in [0.4, 0.5) is 0 Å². The molecule has 1 rings (SSSR count). The van der Waals surface area contributed by atoms with Gasteiger partial charge in [-0.3, -0.25) is 0 Å². The van der Waals surface area contributed by atoms with Gasteiger partial charge in [-0.2, -0.15) is 0 Å². The Hall–Kier alpha value is -0.210. The minimum absolute atomic E-state index is 1.10. The van der Waals surface area contributed by atoms with Crippen LogP contribution in [-0.4, -0.2) is 6.26 Å². The molecule has 0 atom stereocenters. The normalized spacial score (nSPS) is 9.64. The molecule has 0 amide bonds. The molecule has 0 saturated carbocycles. The van der Waals surface area contributed by atoms with Gasteiger partial charge >= 0.3 is 0 Å². The van der Waals surface area contributed by atoms with Crippen molar-refractivity contribution in [2.24, 2.45) is 0 Å². The minimum atomic E-state index is 1.10. The Morgan fingerprint density at radius 3 is 2.82 bits per heavy atom. The van der Waals surface area contributed by atoms with E-state index in [2.05, 4.69) is 40.9 Å². The summed E-state index contributed by atoms with van der Waals surface area (Å²) in [6, 6.07) is 6.20. The molecule has 11 heavy (non-hydrogen) atoms. The summed E-state index contributed by atoms with van der Waals surface area (Å²) in [7, 11) is 0. The number of thioether (sulfide) groups is 1. The number of rotatable bonds is 2. The van der Waals surface area contributed by atoms with Gasteiger partial charge in [0.15, 0.2) is 0 Å². The first-order valence-electron chi connectivity index (χ1n) is 3.24. The summed E-state index contributed by atoms with van der Waals surface area (Å²) in [5.74, 6) is 0. The van der Waals surface area contributed by atoms with Gasteiger partial charge in [-0.05, 0) is 30.0 Å². The van der Waals surface area contributed by atoms with Gasteiger partial charge in [0.1, 0.15) is 0 Å². The summed E-state index contributed by atoms with van der Waals surface area (Å²) >= 11 is 5.15. The zero-order chi connectivity index (χ0) is 8.27. The zero-order valence-corrected chi connectivity index (χ0v) is 8.71. The Balaban J connectivity index is 3.16. The van der Waals surface area contributed by atoms with Crippen molar-refractivity contribution in [1.29, 1.82) is 0 Å². The van der Waals surface area contributed by atoms with E-state index in [9.17, 15) is 0 Å². The lowest BCUT2D eigenvalue weighted by Gasteiger charge is -2.01. The highest BCUT2D eigenvalue weighted by Crippen LogP contribution is 2.24. The maximum Gasteiger partial charge on any atom is 0.0182 e. The lowest BCUT2D eigenvalue weighted by atomic mass is 10.2. The number of hydrogen-bond donors (Lipinski definition) is 0. The van der Waals surface area contributed by atoms with Crippen LogP contribution in [0.5, 0.6) is 0 Å². The average Bonchev–Trinajstić information content (AvgIpc) is 2.04. The van der Waals surface area contributed by atoms with E-state index in [-0.39, 0.29) is 0 Å². The van der Waals surface area contributed by atoms with Gasteiger partial charge in [-0.25, -0.2) is 0 Å². The Morgan fingerprint density at radius 1 is 1.55 bits per heavy atom. The summed E-state index contributed by atoms with van der Waals surface area (Å²) in [6.45, 7) is 3.75. The Bertz CT molecular complexity index is 268. The molecule has 0 saturated heterocycles. The standard InChI is InChI=1S/C9H9BrS/c1-3-7-6-8(10)4-5-9(7)11-2/h3-6H,1H2,2H3. The smallest absolute Gasteiger partial charge is 0.0182 e. The fourth-order valence-electron chi connectivity index (χ4n) is 0.865. The van der Waals surface area contributed by atoms with Gasteiger partial charge < -0.3 is 0 Å². The molecule has 0 nitrogen and oxygen atoms in total. The molecule has 2 heteroatoms. The van der Waals surface area contributed by atoms with Gasteiger partial charge in [-0.15, -0.1) is 11.8 Å². The van der Waals surface area contributed by atoms with Gasteiger partial charge in [-0.1, -0.05) is 28.6 Å². The van der Waals surface area contributed by atoms with Crippen LogP contribution in [-0.2, 0) is 0 Å². The molecule has 0 N–H and O–H groups in total. The molecule has 1 aromatic carbocycles. The second kappa shape index (κ2) is 3.98. The summed E-state index contributed by atoms with van der Waals surface area (Å²) in [5.41, 5.74) is 1.19. The maximum absolute atomic E-state index is 3.75. The van der Waals surface area contributed by atoms with Crippen LogP contribution in [0.3, 0.4) is 0 Å². The van der Waals surface area contributed by atoms with E-state index < -0.39 is 0 Å². The molecule has 0 heterocycles. The van der Waals surface area contributed by atoms with Crippen molar-refractivity contribution in [1.82, 2.24) is 0 Å². The number of benzene rings is 1. The first kappa shape index (κ1) is 8.88. The third-order valence-corrected chi connectivity index (χ3v) is 2.72. The van der Waals surface area contributed by atoms with Crippen molar-refractivity contribution in [3.05, 3.63) is 34.8 Å². The summed E-state index contributed by atoms with van der Waals surface area (Å²) in [4.78, 5) is 1.27. The van der Waals surface area contributed by atoms with E-state index in [0.29, 0.717) is 0 Å². The molecule has 0 fully saturated rings. The third kappa shape index (κ3) is 2.11. The van der Waals surface area contributed by atoms with Crippen molar-refractivity contribution in [2.75, 3.05) is 6.26 Å². The van der Waals surface area contributed by atoms with Gasteiger partial charge in [0.05, 0.1) is 0 Å². The van der Waals surface area contributed by atoms with Crippen LogP contribution < -0.4 is 0 Å². The van der Waals surface area contributed by atoms with Gasteiger partial charge in [0, 0.05) is 9.37 Å². The Labute approximate surface area is 79.8 Å². The molecule has 0 aliphatic heterocycles. The molecule has 0 spiro atoms. The first-order valence-corrected chi connectivity index (χ1v) is 5.25. The quantitative estimate of drug-likeness (QED) is 0.695. The number of halogens is 1. The number of hydrogen-bond acceptors (Lipinski definition) is 1. The molecular weight excluding hydrogens is 220 g/mol. The van der Waals surface area contributed by atoms with Crippen LogP contribution in [0.1, 0.15) is 5.56 Å². The largest absolute Gasteiger partial charge is 0.129 e. The van der Waals surface area contributed by atoms with Gasteiger partial charge in [0.25, 0.3) is 0 Å². The fourth-order valence-corrected chi connectivity index (χ4v) is 1.83. The molecule has 1 aromatic rings. The summed E-state index contributed by atoms with van der Waals surface area (Å²) < 4.78 is 1.10. The van der Waals surface area contributed by atoms with Crippen molar-refractivity contribution in [2.45, 2.75) is 4.90 Å². The van der Waals surface area contributed by atoms with Crippen LogP contribution in [0.15, 0.2) is 34.1 Å². The highest BCUT2D eigenvalue weighted by atomic mass is 79.9. The van der Waals surface area contributed by atoms with Crippen LogP contribution in [0.25, 0.3) is 6.08 Å². The van der Waals surface area contributed by atoms with Crippen molar-refractivity contribution in [3.63, 3.8) is 0 Å². The molecule has 0 aliphatic carbocycles. The maximum atomic E-state index is 3.75. The van der Waals surface area contributed by atoms with E-state index in [1.54, 1.807) is 11.8 Å². The molecular formula is C9H9BrS. The monoisotopic (exact) mass is 228 g/mol. The van der Waals surface area contributed by atoms with Crippen LogP contribution >= 0.6 is 27.7 Å². The van der Waals surface area contributed by atoms with E-state index in [0.717, 1.165) is 4.47 Å². The topological polar surface area (TPSA) is 0 Å². The second-order valence-electron chi connectivity index (χ2n) is 2.09.